The van der Waals surface area contributed by atoms with Crippen molar-refractivity contribution in [3.63, 3.8) is 0 Å². The molecule has 0 spiro atoms. The van der Waals surface area contributed by atoms with Crippen LogP contribution in [0.15, 0.2) is 5.38 Å². The van der Waals surface area contributed by atoms with Gasteiger partial charge in [0.2, 0.25) is 0 Å². The molecule has 0 bridgehead atoms. The van der Waals surface area contributed by atoms with Gasteiger partial charge in [-0.1, -0.05) is 0 Å². The molecule has 1 atom stereocenters. The monoisotopic (exact) mass is 230 g/mol. The molecule has 1 N–H and O–H groups in total. The number of aromatic nitrogens is 1. The molecule has 1 rings (SSSR count). The summed E-state index contributed by atoms with van der Waals surface area (Å²) in [6.45, 7) is 2.06. The second kappa shape index (κ2) is 6.43. The molecule has 0 saturated carbocycles. The Morgan fingerprint density at radius 2 is 2.43 bits per heavy atom. The van der Waals surface area contributed by atoms with Gasteiger partial charge >= 0.3 is 0 Å². The van der Waals surface area contributed by atoms with Gasteiger partial charge in [-0.3, -0.25) is 0 Å². The summed E-state index contributed by atoms with van der Waals surface area (Å²) in [4.78, 5) is 4.48. The molecule has 0 radical (unpaired) electrons. The van der Waals surface area contributed by atoms with E-state index in [1.54, 1.807) is 11.3 Å². The summed E-state index contributed by atoms with van der Waals surface area (Å²) in [5, 5.41) is 6.68. The third-order valence-corrected chi connectivity index (χ3v) is 3.67. The van der Waals surface area contributed by atoms with Crippen molar-refractivity contribution in [3.05, 3.63) is 16.1 Å². The molecule has 0 aliphatic carbocycles. The lowest BCUT2D eigenvalue weighted by Gasteiger charge is -2.13. The SMILES string of the molecule is CNC(CCSC)Cc1csc(C)n1. The lowest BCUT2D eigenvalue weighted by atomic mass is 10.1. The molecule has 0 aliphatic rings. The summed E-state index contributed by atoms with van der Waals surface area (Å²) in [5.74, 6) is 1.22. The maximum absolute atomic E-state index is 4.48. The van der Waals surface area contributed by atoms with Gasteiger partial charge in [0, 0.05) is 17.8 Å². The Morgan fingerprint density at radius 3 is 2.93 bits per heavy atom. The van der Waals surface area contributed by atoms with Crippen LogP contribution in [0.3, 0.4) is 0 Å². The average molecular weight is 230 g/mol. The molecule has 80 valence electrons. The zero-order chi connectivity index (χ0) is 10.4. The Bertz CT molecular complexity index is 260. The van der Waals surface area contributed by atoms with Crippen LogP contribution in [-0.4, -0.2) is 30.1 Å². The Balaban J connectivity index is 2.40. The van der Waals surface area contributed by atoms with Gasteiger partial charge < -0.3 is 5.32 Å². The Hall–Kier alpha value is -0.0600. The normalized spacial score (nSPS) is 13.1. The van der Waals surface area contributed by atoms with Gasteiger partial charge in [-0.2, -0.15) is 11.8 Å². The van der Waals surface area contributed by atoms with Crippen molar-refractivity contribution in [2.45, 2.75) is 25.8 Å². The highest BCUT2D eigenvalue weighted by atomic mass is 32.2. The second-order valence-electron chi connectivity index (χ2n) is 3.33. The largest absolute Gasteiger partial charge is 0.317 e. The van der Waals surface area contributed by atoms with Crippen LogP contribution in [0.2, 0.25) is 0 Å². The third kappa shape index (κ3) is 3.98. The van der Waals surface area contributed by atoms with Gasteiger partial charge in [0.1, 0.15) is 0 Å². The minimum atomic E-state index is 0.573. The van der Waals surface area contributed by atoms with Crippen molar-refractivity contribution in [3.8, 4) is 0 Å². The molecule has 0 saturated heterocycles. The highest BCUT2D eigenvalue weighted by molar-refractivity contribution is 7.98. The average Bonchev–Trinajstić information content (AvgIpc) is 2.58. The predicted octanol–water partition coefficient (Wildman–Crippen LogP) is 2.34. The molecular formula is C10H18N2S2. The van der Waals surface area contributed by atoms with Gasteiger partial charge in [0.05, 0.1) is 10.7 Å². The molecule has 0 amide bonds. The van der Waals surface area contributed by atoms with E-state index in [1.807, 2.05) is 18.8 Å². The zero-order valence-electron chi connectivity index (χ0n) is 9.04. The predicted molar refractivity (Wildman–Crippen MR) is 66.4 cm³/mol. The molecule has 1 unspecified atom stereocenters. The fraction of sp³-hybridized carbons (Fsp3) is 0.700. The Kier molecular flexibility index (Phi) is 5.52. The fourth-order valence-electron chi connectivity index (χ4n) is 1.36. The molecular weight excluding hydrogens is 212 g/mol. The first-order valence-corrected chi connectivity index (χ1v) is 7.10. The van der Waals surface area contributed by atoms with Crippen molar-refractivity contribution in [2.24, 2.45) is 0 Å². The van der Waals surface area contributed by atoms with Crippen LogP contribution in [0.5, 0.6) is 0 Å². The van der Waals surface area contributed by atoms with E-state index in [0.29, 0.717) is 6.04 Å². The van der Waals surface area contributed by atoms with Gasteiger partial charge in [-0.05, 0) is 32.4 Å². The summed E-state index contributed by atoms with van der Waals surface area (Å²) >= 11 is 3.64. The molecule has 0 aromatic carbocycles. The minimum Gasteiger partial charge on any atom is -0.317 e. The van der Waals surface area contributed by atoms with E-state index in [1.165, 1.54) is 22.9 Å². The summed E-state index contributed by atoms with van der Waals surface area (Å²) in [5.41, 5.74) is 1.23. The van der Waals surface area contributed by atoms with Crippen LogP contribution in [0.4, 0.5) is 0 Å². The third-order valence-electron chi connectivity index (χ3n) is 2.20. The van der Waals surface area contributed by atoms with Crippen LogP contribution in [0.25, 0.3) is 0 Å². The summed E-state index contributed by atoms with van der Waals surface area (Å²) in [6.07, 6.45) is 4.43. The van der Waals surface area contributed by atoms with Crippen molar-refractivity contribution < 1.29 is 0 Å². The molecule has 4 heteroatoms. The van der Waals surface area contributed by atoms with Gasteiger partial charge in [-0.15, -0.1) is 11.3 Å². The quantitative estimate of drug-likeness (QED) is 0.812. The van der Waals surface area contributed by atoms with E-state index >= 15 is 0 Å². The number of thiazole rings is 1. The van der Waals surface area contributed by atoms with Crippen molar-refractivity contribution in [1.29, 1.82) is 0 Å². The number of likely N-dealkylation sites (N-methyl/N-ethyl adjacent to an activating group) is 1. The number of aryl methyl sites for hydroxylation is 1. The molecule has 2 nitrogen and oxygen atoms in total. The Labute approximate surface area is 94.5 Å². The van der Waals surface area contributed by atoms with E-state index < -0.39 is 0 Å². The highest BCUT2D eigenvalue weighted by Crippen LogP contribution is 2.12. The van der Waals surface area contributed by atoms with Gasteiger partial charge in [0.25, 0.3) is 0 Å². The maximum atomic E-state index is 4.48. The number of hydrogen-bond donors (Lipinski definition) is 1. The Morgan fingerprint density at radius 1 is 1.64 bits per heavy atom. The van der Waals surface area contributed by atoms with Gasteiger partial charge in [0.15, 0.2) is 0 Å². The second-order valence-corrected chi connectivity index (χ2v) is 5.38. The molecule has 1 aromatic heterocycles. The van der Waals surface area contributed by atoms with Crippen molar-refractivity contribution in [1.82, 2.24) is 10.3 Å². The summed E-state index contributed by atoms with van der Waals surface area (Å²) < 4.78 is 0. The summed E-state index contributed by atoms with van der Waals surface area (Å²) in [7, 11) is 2.03. The molecule has 0 aliphatic heterocycles. The maximum Gasteiger partial charge on any atom is 0.0897 e. The lowest BCUT2D eigenvalue weighted by Crippen LogP contribution is -2.28. The van der Waals surface area contributed by atoms with Crippen molar-refractivity contribution in [2.75, 3.05) is 19.1 Å². The van der Waals surface area contributed by atoms with E-state index in [2.05, 4.69) is 28.9 Å². The molecule has 1 aromatic rings. The first-order valence-electron chi connectivity index (χ1n) is 4.83. The van der Waals surface area contributed by atoms with Crippen LogP contribution in [0.1, 0.15) is 17.1 Å². The number of rotatable bonds is 6. The van der Waals surface area contributed by atoms with E-state index in [9.17, 15) is 0 Å². The van der Waals surface area contributed by atoms with Gasteiger partial charge in [-0.25, -0.2) is 4.98 Å². The van der Waals surface area contributed by atoms with E-state index in [0.717, 1.165) is 6.42 Å². The smallest absolute Gasteiger partial charge is 0.0897 e. The number of hydrogen-bond acceptors (Lipinski definition) is 4. The van der Waals surface area contributed by atoms with Crippen molar-refractivity contribution >= 4 is 23.1 Å². The van der Waals surface area contributed by atoms with Crippen LogP contribution < -0.4 is 5.32 Å². The molecule has 14 heavy (non-hydrogen) atoms. The van der Waals surface area contributed by atoms with E-state index in [-0.39, 0.29) is 0 Å². The number of nitrogens with one attached hydrogen (secondary N) is 1. The topological polar surface area (TPSA) is 24.9 Å². The number of nitrogens with zero attached hydrogens (tertiary/aromatic N) is 1. The standard InChI is InChI=1S/C10H18N2S2/c1-8-12-10(7-14-8)6-9(11-2)4-5-13-3/h7,9,11H,4-6H2,1-3H3. The first kappa shape index (κ1) is 12.0. The summed E-state index contributed by atoms with van der Waals surface area (Å²) in [6, 6.07) is 0.573. The lowest BCUT2D eigenvalue weighted by molar-refractivity contribution is 0.542. The highest BCUT2D eigenvalue weighted by Gasteiger charge is 2.08. The minimum absolute atomic E-state index is 0.573. The zero-order valence-corrected chi connectivity index (χ0v) is 10.7. The first-order chi connectivity index (χ1) is 6.76. The molecule has 0 fully saturated rings. The molecule has 1 heterocycles. The van der Waals surface area contributed by atoms with Crippen LogP contribution >= 0.6 is 23.1 Å². The fourth-order valence-corrected chi connectivity index (χ4v) is 2.51. The van der Waals surface area contributed by atoms with Crippen LogP contribution in [0, 0.1) is 6.92 Å². The van der Waals surface area contributed by atoms with E-state index in [4.69, 9.17) is 0 Å². The number of thioether (sulfide) groups is 1. The van der Waals surface area contributed by atoms with Crippen LogP contribution in [-0.2, 0) is 6.42 Å².